The molecule has 24 heavy (non-hydrogen) atoms. The van der Waals surface area contributed by atoms with Crippen LogP contribution in [0.2, 0.25) is 0 Å². The van der Waals surface area contributed by atoms with Gasteiger partial charge in [-0.3, -0.25) is 9.59 Å². The fraction of sp³-hybridized carbons (Fsp3) is 0.353. The van der Waals surface area contributed by atoms with Crippen molar-refractivity contribution in [1.82, 2.24) is 15.4 Å². The number of carbonyl (C=O) groups excluding carboxylic acids is 2. The quantitative estimate of drug-likeness (QED) is 0.845. The van der Waals surface area contributed by atoms with E-state index in [0.717, 1.165) is 6.42 Å². The van der Waals surface area contributed by atoms with E-state index in [1.807, 2.05) is 13.8 Å². The fourth-order valence-electron chi connectivity index (χ4n) is 2.23. The number of nitrogens with zero attached hydrogens (tertiary/aromatic N) is 2. The molecule has 0 spiro atoms. The average Bonchev–Trinajstić information content (AvgIpc) is 3.03. The van der Waals surface area contributed by atoms with E-state index in [1.54, 1.807) is 4.90 Å². The summed E-state index contributed by atoms with van der Waals surface area (Å²) in [6.07, 6.45) is 0.754. The predicted octanol–water partition coefficient (Wildman–Crippen LogP) is 2.62. The van der Waals surface area contributed by atoms with Crippen LogP contribution < -0.4 is 5.32 Å². The molecule has 6 nitrogen and oxygen atoms in total. The Kier molecular flexibility index (Phi) is 6.06. The number of nitrogens with one attached hydrogen (secondary N) is 1. The molecule has 2 amide bonds. The number of rotatable bonds is 7. The largest absolute Gasteiger partial charge is 0.359 e. The van der Waals surface area contributed by atoms with Gasteiger partial charge in [-0.15, -0.1) is 0 Å². The molecule has 128 valence electrons. The first-order chi connectivity index (χ1) is 11.5. The smallest absolute Gasteiger partial charge is 0.273 e. The van der Waals surface area contributed by atoms with Crippen LogP contribution in [0.25, 0.3) is 0 Å². The second-order valence-electron chi connectivity index (χ2n) is 5.27. The van der Waals surface area contributed by atoms with Gasteiger partial charge in [-0.1, -0.05) is 12.1 Å². The third-order valence-corrected chi connectivity index (χ3v) is 3.35. The molecule has 7 heteroatoms. The zero-order valence-corrected chi connectivity index (χ0v) is 13.7. The minimum atomic E-state index is -0.393. The lowest BCUT2D eigenvalue weighted by Gasteiger charge is -2.20. The van der Waals surface area contributed by atoms with Gasteiger partial charge in [0.05, 0.1) is 6.54 Å². The number of aromatic nitrogens is 1. The monoisotopic (exact) mass is 333 g/mol. The predicted molar refractivity (Wildman–Crippen MR) is 85.9 cm³/mol. The van der Waals surface area contributed by atoms with Crippen LogP contribution in [0, 0.1) is 5.82 Å². The summed E-state index contributed by atoms with van der Waals surface area (Å²) in [5.74, 6) is -0.525. The molecule has 0 atom stereocenters. The molecular weight excluding hydrogens is 313 g/mol. The van der Waals surface area contributed by atoms with Gasteiger partial charge in [-0.05, 0) is 37.6 Å². The number of halogens is 1. The van der Waals surface area contributed by atoms with E-state index in [4.69, 9.17) is 4.52 Å². The van der Waals surface area contributed by atoms with Gasteiger partial charge in [0.2, 0.25) is 0 Å². The van der Waals surface area contributed by atoms with Crippen molar-refractivity contribution in [2.75, 3.05) is 13.1 Å². The van der Waals surface area contributed by atoms with Crippen molar-refractivity contribution < 1.29 is 18.5 Å². The van der Waals surface area contributed by atoms with E-state index in [0.29, 0.717) is 24.4 Å². The van der Waals surface area contributed by atoms with Crippen LogP contribution in [0.1, 0.15) is 46.9 Å². The van der Waals surface area contributed by atoms with Gasteiger partial charge >= 0.3 is 0 Å². The Morgan fingerprint density at radius 2 is 1.96 bits per heavy atom. The lowest BCUT2D eigenvalue weighted by atomic mass is 10.2. The van der Waals surface area contributed by atoms with E-state index < -0.39 is 5.82 Å². The van der Waals surface area contributed by atoms with Crippen molar-refractivity contribution in [2.45, 2.75) is 26.8 Å². The molecule has 0 aliphatic carbocycles. The van der Waals surface area contributed by atoms with Gasteiger partial charge in [0.25, 0.3) is 11.8 Å². The standard InChI is InChI=1S/C17H20FN3O3/c1-3-9-21(17(23)12-5-7-13(18)8-6-12)11-14-10-15(20-24-14)16(22)19-4-2/h5-8,10H,3-4,9,11H2,1-2H3,(H,19,22). The first-order valence-electron chi connectivity index (χ1n) is 7.83. The van der Waals surface area contributed by atoms with Crippen LogP contribution in [0.5, 0.6) is 0 Å². The minimum Gasteiger partial charge on any atom is -0.359 e. The van der Waals surface area contributed by atoms with E-state index in [9.17, 15) is 14.0 Å². The van der Waals surface area contributed by atoms with Crippen molar-refractivity contribution >= 4 is 11.8 Å². The lowest BCUT2D eigenvalue weighted by Crippen LogP contribution is -2.31. The Bertz CT molecular complexity index is 697. The zero-order chi connectivity index (χ0) is 17.5. The molecule has 1 aromatic heterocycles. The lowest BCUT2D eigenvalue weighted by molar-refractivity contribution is 0.0727. The molecule has 0 radical (unpaired) electrons. The van der Waals surface area contributed by atoms with Crippen molar-refractivity contribution in [1.29, 1.82) is 0 Å². The van der Waals surface area contributed by atoms with Gasteiger partial charge in [-0.2, -0.15) is 0 Å². The van der Waals surface area contributed by atoms with E-state index in [-0.39, 0.29) is 24.1 Å². The average molecular weight is 333 g/mol. The van der Waals surface area contributed by atoms with Gasteiger partial charge in [0, 0.05) is 24.7 Å². The molecule has 0 aliphatic rings. The number of hydrogen-bond acceptors (Lipinski definition) is 4. The highest BCUT2D eigenvalue weighted by Crippen LogP contribution is 2.13. The molecule has 0 saturated carbocycles. The molecule has 0 aliphatic heterocycles. The van der Waals surface area contributed by atoms with Crippen molar-refractivity contribution in [2.24, 2.45) is 0 Å². The SMILES string of the molecule is CCCN(Cc1cc(C(=O)NCC)no1)C(=O)c1ccc(F)cc1. The normalized spacial score (nSPS) is 10.5. The first-order valence-corrected chi connectivity index (χ1v) is 7.83. The van der Waals surface area contributed by atoms with Gasteiger partial charge < -0.3 is 14.7 Å². The summed E-state index contributed by atoms with van der Waals surface area (Å²) >= 11 is 0. The summed E-state index contributed by atoms with van der Waals surface area (Å²) in [5.41, 5.74) is 0.575. The van der Waals surface area contributed by atoms with Crippen LogP contribution in [-0.2, 0) is 6.54 Å². The second-order valence-corrected chi connectivity index (χ2v) is 5.27. The Balaban J connectivity index is 2.12. The summed E-state index contributed by atoms with van der Waals surface area (Å²) in [4.78, 5) is 25.8. The molecule has 1 aromatic carbocycles. The van der Waals surface area contributed by atoms with Gasteiger partial charge in [0.15, 0.2) is 11.5 Å². The molecule has 2 rings (SSSR count). The maximum Gasteiger partial charge on any atom is 0.273 e. The van der Waals surface area contributed by atoms with Gasteiger partial charge in [0.1, 0.15) is 5.82 Å². The Morgan fingerprint density at radius 3 is 2.58 bits per heavy atom. The van der Waals surface area contributed by atoms with Crippen molar-refractivity contribution in [3.8, 4) is 0 Å². The zero-order valence-electron chi connectivity index (χ0n) is 13.7. The fourth-order valence-corrected chi connectivity index (χ4v) is 2.23. The number of amides is 2. The minimum absolute atomic E-state index is 0.178. The van der Waals surface area contributed by atoms with Gasteiger partial charge in [-0.25, -0.2) is 4.39 Å². The summed E-state index contributed by atoms with van der Waals surface area (Å²) in [6, 6.07) is 6.91. The Morgan fingerprint density at radius 1 is 1.25 bits per heavy atom. The Hall–Kier alpha value is -2.70. The highest BCUT2D eigenvalue weighted by molar-refractivity contribution is 5.94. The first kappa shape index (κ1) is 17.7. The number of hydrogen-bond donors (Lipinski definition) is 1. The maximum absolute atomic E-state index is 13.0. The summed E-state index contributed by atoms with van der Waals surface area (Å²) < 4.78 is 18.2. The highest BCUT2D eigenvalue weighted by Gasteiger charge is 2.19. The van der Waals surface area contributed by atoms with Crippen LogP contribution >= 0.6 is 0 Å². The van der Waals surface area contributed by atoms with Crippen molar-refractivity contribution in [3.05, 3.63) is 53.2 Å². The summed E-state index contributed by atoms with van der Waals surface area (Å²) in [7, 11) is 0. The number of carbonyl (C=O) groups is 2. The third-order valence-electron chi connectivity index (χ3n) is 3.35. The molecule has 0 fully saturated rings. The molecule has 1 N–H and O–H groups in total. The van der Waals surface area contributed by atoms with Crippen LogP contribution in [-0.4, -0.2) is 35.0 Å². The number of benzene rings is 1. The molecule has 2 aromatic rings. The topological polar surface area (TPSA) is 75.4 Å². The van der Waals surface area contributed by atoms with Crippen LogP contribution in [0.3, 0.4) is 0 Å². The summed E-state index contributed by atoms with van der Waals surface area (Å²) in [5, 5.41) is 6.35. The maximum atomic E-state index is 13.0. The molecule has 0 saturated heterocycles. The molecule has 0 unspecified atom stereocenters. The molecule has 1 heterocycles. The molecule has 0 bridgehead atoms. The van der Waals surface area contributed by atoms with Crippen LogP contribution in [0.4, 0.5) is 4.39 Å². The second kappa shape index (κ2) is 8.24. The van der Waals surface area contributed by atoms with E-state index in [1.165, 1.54) is 30.3 Å². The molecular formula is C17H20FN3O3. The third kappa shape index (κ3) is 4.41. The summed E-state index contributed by atoms with van der Waals surface area (Å²) in [6.45, 7) is 4.95. The van der Waals surface area contributed by atoms with E-state index in [2.05, 4.69) is 10.5 Å². The highest BCUT2D eigenvalue weighted by atomic mass is 19.1. The van der Waals surface area contributed by atoms with E-state index >= 15 is 0 Å². The van der Waals surface area contributed by atoms with Crippen molar-refractivity contribution in [3.63, 3.8) is 0 Å². The Labute approximate surface area is 139 Å². The van der Waals surface area contributed by atoms with Crippen LogP contribution in [0.15, 0.2) is 34.9 Å².